The zero-order valence-corrected chi connectivity index (χ0v) is 12.2. The van der Waals surface area contributed by atoms with Crippen LogP contribution in [0.5, 0.6) is 5.75 Å². The first-order valence-electron chi connectivity index (χ1n) is 6.65. The predicted molar refractivity (Wildman–Crippen MR) is 77.2 cm³/mol. The summed E-state index contributed by atoms with van der Waals surface area (Å²) in [6.07, 6.45) is 0. The van der Waals surface area contributed by atoms with Gasteiger partial charge in [-0.15, -0.1) is 0 Å². The minimum absolute atomic E-state index is 0.0399. The van der Waals surface area contributed by atoms with Crippen LogP contribution in [0.1, 0.15) is 26.3 Å². The van der Waals surface area contributed by atoms with Gasteiger partial charge in [0.2, 0.25) is 5.91 Å². The molecule has 1 amide bonds. The Labute approximate surface area is 115 Å². The van der Waals surface area contributed by atoms with Crippen LogP contribution in [0.3, 0.4) is 0 Å². The van der Waals surface area contributed by atoms with E-state index < -0.39 is 5.41 Å². The van der Waals surface area contributed by atoms with Crippen LogP contribution in [0, 0.1) is 5.41 Å². The number of amides is 1. The maximum Gasteiger partial charge on any atom is 0.226 e. The molecule has 4 nitrogen and oxygen atoms in total. The quantitative estimate of drug-likeness (QED) is 0.791. The largest absolute Gasteiger partial charge is 0.494 e. The highest BCUT2D eigenvalue weighted by molar-refractivity contribution is 5.81. The number of carbonyl (C=O) groups is 1. The molecule has 0 saturated heterocycles. The molecule has 0 aromatic heterocycles. The third-order valence-corrected chi connectivity index (χ3v) is 3.00. The number of nitrogens with one attached hydrogen (secondary N) is 2. The van der Waals surface area contributed by atoms with Crippen molar-refractivity contribution in [3.63, 3.8) is 0 Å². The molecular formula is C15H24N2O2. The molecule has 0 saturated carbocycles. The first kappa shape index (κ1) is 15.5. The Morgan fingerprint density at radius 3 is 2.63 bits per heavy atom. The van der Waals surface area contributed by atoms with Crippen LogP contribution in [0.4, 0.5) is 0 Å². The van der Waals surface area contributed by atoms with E-state index in [4.69, 9.17) is 4.74 Å². The van der Waals surface area contributed by atoms with Crippen LogP contribution in [0.25, 0.3) is 0 Å². The maximum absolute atomic E-state index is 11.7. The van der Waals surface area contributed by atoms with E-state index in [0.29, 0.717) is 19.7 Å². The summed E-state index contributed by atoms with van der Waals surface area (Å²) in [5.41, 5.74) is 0.687. The number of rotatable bonds is 7. The highest BCUT2D eigenvalue weighted by Gasteiger charge is 2.25. The van der Waals surface area contributed by atoms with Gasteiger partial charge in [-0.25, -0.2) is 0 Å². The molecule has 0 aliphatic heterocycles. The number of para-hydroxylation sites is 1. The van der Waals surface area contributed by atoms with Crippen LogP contribution in [0.2, 0.25) is 0 Å². The van der Waals surface area contributed by atoms with Crippen LogP contribution in [0.15, 0.2) is 24.3 Å². The molecule has 2 N–H and O–H groups in total. The lowest BCUT2D eigenvalue weighted by Crippen LogP contribution is -2.41. The van der Waals surface area contributed by atoms with Gasteiger partial charge in [0.15, 0.2) is 0 Å². The van der Waals surface area contributed by atoms with Crippen LogP contribution < -0.4 is 15.4 Å². The van der Waals surface area contributed by atoms with E-state index in [2.05, 4.69) is 10.6 Å². The van der Waals surface area contributed by atoms with Crippen molar-refractivity contribution in [1.29, 1.82) is 0 Å². The maximum atomic E-state index is 11.7. The lowest BCUT2D eigenvalue weighted by Gasteiger charge is -2.23. The molecule has 0 bridgehead atoms. The van der Waals surface area contributed by atoms with Crippen LogP contribution in [-0.4, -0.2) is 26.1 Å². The fraction of sp³-hybridized carbons (Fsp3) is 0.533. The smallest absolute Gasteiger partial charge is 0.226 e. The van der Waals surface area contributed by atoms with Crippen molar-refractivity contribution in [1.82, 2.24) is 10.6 Å². The van der Waals surface area contributed by atoms with Crippen LogP contribution >= 0.6 is 0 Å². The van der Waals surface area contributed by atoms with Crippen LogP contribution in [-0.2, 0) is 11.3 Å². The molecule has 0 aliphatic carbocycles. The molecule has 0 fully saturated rings. The van der Waals surface area contributed by atoms with E-state index >= 15 is 0 Å². The van der Waals surface area contributed by atoms with Crippen molar-refractivity contribution in [2.45, 2.75) is 27.3 Å². The van der Waals surface area contributed by atoms with E-state index in [1.54, 1.807) is 7.05 Å². The summed E-state index contributed by atoms with van der Waals surface area (Å²) < 4.78 is 5.57. The Hall–Kier alpha value is -1.55. The fourth-order valence-corrected chi connectivity index (χ4v) is 1.87. The zero-order chi connectivity index (χ0) is 14.3. The third kappa shape index (κ3) is 4.56. The SMILES string of the molecule is CCOc1ccccc1CNCC(C)(C)C(=O)NC. The van der Waals surface area contributed by atoms with Gasteiger partial charge in [-0.1, -0.05) is 18.2 Å². The molecule has 0 unspecified atom stereocenters. The van der Waals surface area contributed by atoms with Crippen molar-refractivity contribution in [3.05, 3.63) is 29.8 Å². The predicted octanol–water partition coefficient (Wildman–Crippen LogP) is 1.95. The van der Waals surface area contributed by atoms with Crippen molar-refractivity contribution >= 4 is 5.91 Å². The van der Waals surface area contributed by atoms with Gasteiger partial charge in [0.05, 0.1) is 12.0 Å². The summed E-state index contributed by atoms with van der Waals surface area (Å²) in [7, 11) is 1.66. The molecule has 0 heterocycles. The second kappa shape index (κ2) is 7.14. The van der Waals surface area contributed by atoms with Gasteiger partial charge >= 0.3 is 0 Å². The number of hydrogen-bond donors (Lipinski definition) is 2. The van der Waals surface area contributed by atoms with E-state index in [9.17, 15) is 4.79 Å². The second-order valence-corrected chi connectivity index (χ2v) is 5.11. The molecule has 106 valence electrons. The summed E-state index contributed by atoms with van der Waals surface area (Å²) in [5.74, 6) is 0.938. The molecule has 4 heteroatoms. The minimum Gasteiger partial charge on any atom is -0.494 e. The Morgan fingerprint density at radius 1 is 1.32 bits per heavy atom. The number of carbonyl (C=O) groups excluding carboxylic acids is 1. The molecule has 0 aliphatic rings. The number of benzene rings is 1. The van der Waals surface area contributed by atoms with Gasteiger partial charge in [0.1, 0.15) is 5.75 Å². The minimum atomic E-state index is -0.421. The average Bonchev–Trinajstić information content (AvgIpc) is 2.40. The standard InChI is InChI=1S/C15H24N2O2/c1-5-19-13-9-7-6-8-12(13)10-17-11-15(2,3)14(18)16-4/h6-9,17H,5,10-11H2,1-4H3,(H,16,18). The molecule has 1 aromatic rings. The monoisotopic (exact) mass is 264 g/mol. The Morgan fingerprint density at radius 2 is 2.00 bits per heavy atom. The van der Waals surface area contributed by atoms with Gasteiger partial charge in [0, 0.05) is 25.7 Å². The highest BCUT2D eigenvalue weighted by Crippen LogP contribution is 2.18. The van der Waals surface area contributed by atoms with Gasteiger partial charge in [-0.05, 0) is 26.8 Å². The van der Waals surface area contributed by atoms with Gasteiger partial charge in [-0.2, -0.15) is 0 Å². The van der Waals surface area contributed by atoms with Gasteiger partial charge in [-0.3, -0.25) is 4.79 Å². The van der Waals surface area contributed by atoms with Crippen molar-refractivity contribution in [2.75, 3.05) is 20.2 Å². The summed E-state index contributed by atoms with van der Waals surface area (Å²) in [6.45, 7) is 7.78. The summed E-state index contributed by atoms with van der Waals surface area (Å²) in [4.78, 5) is 11.7. The molecule has 1 aromatic carbocycles. The molecule has 0 atom stereocenters. The summed E-state index contributed by atoms with van der Waals surface area (Å²) >= 11 is 0. The van der Waals surface area contributed by atoms with Crippen molar-refractivity contribution < 1.29 is 9.53 Å². The zero-order valence-electron chi connectivity index (χ0n) is 12.2. The van der Waals surface area contributed by atoms with Gasteiger partial charge < -0.3 is 15.4 Å². The van der Waals surface area contributed by atoms with E-state index in [1.165, 1.54) is 0 Å². The molecule has 0 spiro atoms. The van der Waals surface area contributed by atoms with Crippen molar-refractivity contribution in [3.8, 4) is 5.75 Å². The summed E-state index contributed by atoms with van der Waals surface area (Å²) in [5, 5.41) is 6.00. The third-order valence-electron chi connectivity index (χ3n) is 3.00. The lowest BCUT2D eigenvalue weighted by atomic mass is 9.92. The summed E-state index contributed by atoms with van der Waals surface area (Å²) in [6, 6.07) is 7.95. The lowest BCUT2D eigenvalue weighted by molar-refractivity contribution is -0.128. The number of ether oxygens (including phenoxy) is 1. The topological polar surface area (TPSA) is 50.4 Å². The Kier molecular flexibility index (Phi) is 5.83. The van der Waals surface area contributed by atoms with Crippen molar-refractivity contribution in [2.24, 2.45) is 5.41 Å². The Bertz CT molecular complexity index is 416. The first-order chi connectivity index (χ1) is 9.01. The Balaban J connectivity index is 2.56. The van der Waals surface area contributed by atoms with E-state index in [0.717, 1.165) is 11.3 Å². The van der Waals surface area contributed by atoms with Gasteiger partial charge in [0.25, 0.3) is 0 Å². The molecule has 1 rings (SSSR count). The normalized spacial score (nSPS) is 11.2. The fourth-order valence-electron chi connectivity index (χ4n) is 1.87. The molecular weight excluding hydrogens is 240 g/mol. The van der Waals surface area contributed by atoms with E-state index in [1.807, 2.05) is 45.0 Å². The first-order valence-corrected chi connectivity index (χ1v) is 6.65. The second-order valence-electron chi connectivity index (χ2n) is 5.11. The van der Waals surface area contributed by atoms with E-state index in [-0.39, 0.29) is 5.91 Å². The number of hydrogen-bond acceptors (Lipinski definition) is 3. The molecule has 0 radical (unpaired) electrons. The molecule has 19 heavy (non-hydrogen) atoms. The highest BCUT2D eigenvalue weighted by atomic mass is 16.5. The average molecular weight is 264 g/mol.